The summed E-state index contributed by atoms with van der Waals surface area (Å²) in [6.07, 6.45) is 4.11. The molecule has 11 heteroatoms. The first-order valence-electron chi connectivity index (χ1n) is 8.71. The number of amides is 2. The van der Waals surface area contributed by atoms with Crippen LogP contribution in [0.3, 0.4) is 0 Å². The molecule has 9 nitrogen and oxygen atoms in total. The van der Waals surface area contributed by atoms with Gasteiger partial charge in [0.1, 0.15) is 17.1 Å². The molecule has 0 spiro atoms. The number of nitrogens with two attached hydrogens (primary N) is 1. The van der Waals surface area contributed by atoms with Gasteiger partial charge in [-0.05, 0) is 43.0 Å². The van der Waals surface area contributed by atoms with Crippen molar-refractivity contribution in [1.29, 1.82) is 0 Å². The van der Waals surface area contributed by atoms with Gasteiger partial charge in [-0.3, -0.25) is 9.59 Å². The molecule has 0 saturated heterocycles. The number of ether oxygens (including phenoxy) is 1. The van der Waals surface area contributed by atoms with E-state index in [4.69, 9.17) is 10.5 Å². The summed E-state index contributed by atoms with van der Waals surface area (Å²) in [5, 5.41) is 5.28. The third kappa shape index (κ3) is 4.40. The van der Waals surface area contributed by atoms with Crippen LogP contribution in [-0.4, -0.2) is 41.1 Å². The molecule has 2 heterocycles. The smallest absolute Gasteiger partial charge is 0.275 e. The Labute approximate surface area is 176 Å². The summed E-state index contributed by atoms with van der Waals surface area (Å²) in [6.45, 7) is 1.63. The molecule has 0 aliphatic carbocycles. The number of carbonyl (C=O) groups excluding carboxylic acids is 2. The Kier molecular flexibility index (Phi) is 6.01. The van der Waals surface area contributed by atoms with Crippen LogP contribution in [0, 0.1) is 5.82 Å². The summed E-state index contributed by atoms with van der Waals surface area (Å²) in [6, 6.07) is 4.05. The summed E-state index contributed by atoms with van der Waals surface area (Å²) in [7, 11) is 2.93. The van der Waals surface area contributed by atoms with Crippen LogP contribution in [0.1, 0.15) is 23.0 Å². The van der Waals surface area contributed by atoms with Crippen molar-refractivity contribution in [2.24, 2.45) is 10.7 Å². The van der Waals surface area contributed by atoms with Crippen molar-refractivity contribution >= 4 is 34.4 Å². The van der Waals surface area contributed by atoms with E-state index in [0.717, 1.165) is 11.8 Å². The number of likely N-dealkylation sites (N-methyl/N-ethyl adjacent to an activating group) is 1. The number of aliphatic imine (C=N–C) groups is 1. The van der Waals surface area contributed by atoms with Gasteiger partial charge in [-0.1, -0.05) is 0 Å². The molecule has 0 radical (unpaired) electrons. The minimum Gasteiger partial charge on any atom is -0.480 e. The second kappa shape index (κ2) is 8.49. The molecule has 1 aliphatic rings. The molecule has 0 bridgehead atoms. The second-order valence-corrected chi connectivity index (χ2v) is 7.44. The van der Waals surface area contributed by atoms with Crippen LogP contribution in [0.25, 0.3) is 0 Å². The number of halogens is 1. The lowest BCUT2D eigenvalue weighted by molar-refractivity contribution is -0.116. The minimum absolute atomic E-state index is 0.0611. The maximum Gasteiger partial charge on any atom is 0.275 e. The Morgan fingerprint density at radius 3 is 2.63 bits per heavy atom. The molecule has 1 aromatic carbocycles. The van der Waals surface area contributed by atoms with Crippen LogP contribution >= 0.6 is 11.8 Å². The highest BCUT2D eigenvalue weighted by Crippen LogP contribution is 2.38. The van der Waals surface area contributed by atoms with Crippen LogP contribution in [-0.2, 0) is 10.3 Å². The van der Waals surface area contributed by atoms with Crippen molar-refractivity contribution in [1.82, 2.24) is 15.3 Å². The number of benzene rings is 1. The number of anilines is 1. The fourth-order valence-electron chi connectivity index (χ4n) is 2.78. The topological polar surface area (TPSA) is 132 Å². The molecule has 4 N–H and O–H groups in total. The molecule has 3 rings (SSSR count). The zero-order chi connectivity index (χ0) is 21.9. The lowest BCUT2D eigenvalue weighted by atomic mass is 9.91. The predicted octanol–water partition coefficient (Wildman–Crippen LogP) is 1.78. The SMILES string of the molecule is CNC(=O)C1=C[C@@](C)(c2cc(NC(=O)c3cnc(OC)cn3)ccc2F)N=C(N)S1. The molecule has 1 aromatic heterocycles. The first-order chi connectivity index (χ1) is 14.3. The normalized spacial score (nSPS) is 18.1. The minimum atomic E-state index is -1.23. The lowest BCUT2D eigenvalue weighted by Crippen LogP contribution is -2.30. The molecule has 30 heavy (non-hydrogen) atoms. The molecular weight excluding hydrogens is 411 g/mol. The molecule has 1 aliphatic heterocycles. The third-order valence-electron chi connectivity index (χ3n) is 4.26. The predicted molar refractivity (Wildman–Crippen MR) is 112 cm³/mol. The number of carbonyl (C=O) groups is 2. The van der Waals surface area contributed by atoms with Gasteiger partial charge in [-0.25, -0.2) is 19.4 Å². The first kappa shape index (κ1) is 21.2. The number of rotatable bonds is 5. The van der Waals surface area contributed by atoms with Gasteiger partial charge in [0, 0.05) is 18.3 Å². The fourth-order valence-corrected chi connectivity index (χ4v) is 3.72. The maximum absolute atomic E-state index is 14.7. The molecule has 0 unspecified atom stereocenters. The van der Waals surface area contributed by atoms with E-state index in [1.54, 1.807) is 6.92 Å². The van der Waals surface area contributed by atoms with Crippen LogP contribution in [0.4, 0.5) is 10.1 Å². The standard InChI is InChI=1S/C19H19FN6O3S/c1-19(7-14(17(28)22-2)30-18(21)26-19)11-6-10(4-5-12(11)20)25-16(27)13-8-24-15(29-3)9-23-13/h4-9H,1-3H3,(H2,21,26)(H,22,28)(H,25,27)/t19-/m0/s1. The van der Waals surface area contributed by atoms with Crippen molar-refractivity contribution in [3.05, 3.63) is 58.6 Å². The van der Waals surface area contributed by atoms with E-state index in [1.165, 1.54) is 50.8 Å². The van der Waals surface area contributed by atoms with E-state index in [-0.39, 0.29) is 28.2 Å². The maximum atomic E-state index is 14.7. The molecular formula is C19H19FN6O3S. The Hall–Kier alpha value is -3.47. The van der Waals surface area contributed by atoms with Gasteiger partial charge in [-0.2, -0.15) is 0 Å². The number of nitrogens with zero attached hydrogens (tertiary/aromatic N) is 3. The van der Waals surface area contributed by atoms with Crippen LogP contribution < -0.4 is 21.1 Å². The number of hydrogen-bond donors (Lipinski definition) is 3. The van der Waals surface area contributed by atoms with E-state index in [2.05, 4.69) is 25.6 Å². The summed E-state index contributed by atoms with van der Waals surface area (Å²) in [4.78, 5) is 37.0. The van der Waals surface area contributed by atoms with Gasteiger partial charge in [0.15, 0.2) is 5.17 Å². The summed E-state index contributed by atoms with van der Waals surface area (Å²) >= 11 is 0.996. The Bertz CT molecular complexity index is 1060. The van der Waals surface area contributed by atoms with Crippen LogP contribution in [0.5, 0.6) is 5.88 Å². The van der Waals surface area contributed by atoms with E-state index in [1.807, 2.05) is 0 Å². The van der Waals surface area contributed by atoms with Gasteiger partial charge in [0.25, 0.3) is 11.8 Å². The lowest BCUT2D eigenvalue weighted by Gasteiger charge is -2.28. The van der Waals surface area contributed by atoms with E-state index >= 15 is 0 Å². The van der Waals surface area contributed by atoms with Crippen molar-refractivity contribution in [3.63, 3.8) is 0 Å². The number of nitrogens with one attached hydrogen (secondary N) is 2. The Morgan fingerprint density at radius 2 is 2.00 bits per heavy atom. The highest BCUT2D eigenvalue weighted by Gasteiger charge is 2.33. The zero-order valence-electron chi connectivity index (χ0n) is 16.4. The molecule has 2 amide bonds. The van der Waals surface area contributed by atoms with E-state index in [0.29, 0.717) is 10.6 Å². The van der Waals surface area contributed by atoms with Gasteiger partial charge >= 0.3 is 0 Å². The summed E-state index contributed by atoms with van der Waals surface area (Å²) < 4.78 is 19.6. The largest absolute Gasteiger partial charge is 0.480 e. The van der Waals surface area contributed by atoms with E-state index < -0.39 is 17.3 Å². The quantitative estimate of drug-likeness (QED) is 0.659. The van der Waals surface area contributed by atoms with Crippen LogP contribution in [0.15, 0.2) is 46.6 Å². The molecule has 0 fully saturated rings. The fraction of sp³-hybridized carbons (Fsp3) is 0.211. The first-order valence-corrected chi connectivity index (χ1v) is 9.53. The number of aromatic nitrogens is 2. The number of thioether (sulfide) groups is 1. The highest BCUT2D eigenvalue weighted by atomic mass is 32.2. The summed E-state index contributed by atoms with van der Waals surface area (Å²) in [5.41, 5.74) is 5.16. The monoisotopic (exact) mass is 430 g/mol. The van der Waals surface area contributed by atoms with E-state index in [9.17, 15) is 14.0 Å². The van der Waals surface area contributed by atoms with Crippen molar-refractivity contribution < 1.29 is 18.7 Å². The molecule has 0 saturated carbocycles. The van der Waals surface area contributed by atoms with Gasteiger partial charge in [-0.15, -0.1) is 0 Å². The van der Waals surface area contributed by atoms with Crippen molar-refractivity contribution in [2.45, 2.75) is 12.5 Å². The van der Waals surface area contributed by atoms with Crippen molar-refractivity contribution in [3.8, 4) is 5.88 Å². The number of hydrogen-bond acceptors (Lipinski definition) is 8. The molecule has 2 aromatic rings. The van der Waals surface area contributed by atoms with Crippen LogP contribution in [0.2, 0.25) is 0 Å². The number of amidine groups is 1. The van der Waals surface area contributed by atoms with Crippen molar-refractivity contribution in [2.75, 3.05) is 19.5 Å². The average molecular weight is 430 g/mol. The van der Waals surface area contributed by atoms with Gasteiger partial charge in [0.2, 0.25) is 5.88 Å². The van der Waals surface area contributed by atoms with Gasteiger partial charge in [0.05, 0.1) is 24.4 Å². The zero-order valence-corrected chi connectivity index (χ0v) is 17.2. The highest BCUT2D eigenvalue weighted by molar-refractivity contribution is 8.17. The Morgan fingerprint density at radius 1 is 1.23 bits per heavy atom. The summed E-state index contributed by atoms with van der Waals surface area (Å²) in [5.74, 6) is -1.17. The van der Waals surface area contributed by atoms with Gasteiger partial charge < -0.3 is 21.1 Å². The third-order valence-corrected chi connectivity index (χ3v) is 5.08. The Balaban J connectivity index is 1.92. The molecule has 156 valence electrons. The number of methoxy groups -OCH3 is 1. The second-order valence-electron chi connectivity index (χ2n) is 6.38. The molecule has 1 atom stereocenters. The average Bonchev–Trinajstić information content (AvgIpc) is 2.73.